The van der Waals surface area contributed by atoms with E-state index < -0.39 is 6.10 Å². The van der Waals surface area contributed by atoms with Gasteiger partial charge in [0.15, 0.2) is 0 Å². The van der Waals surface area contributed by atoms with E-state index >= 15 is 0 Å². The SMILES string of the molecule is CCCCC(CC)C(O)C#CC(C)C. The van der Waals surface area contributed by atoms with E-state index in [1.54, 1.807) is 0 Å². The molecule has 0 aromatic heterocycles. The molecule has 0 aromatic carbocycles. The van der Waals surface area contributed by atoms with Gasteiger partial charge in [-0.1, -0.05) is 52.4 Å². The Morgan fingerprint density at radius 3 is 2.21 bits per heavy atom. The van der Waals surface area contributed by atoms with Gasteiger partial charge in [-0.15, -0.1) is 0 Å². The Labute approximate surface area is 88.9 Å². The summed E-state index contributed by atoms with van der Waals surface area (Å²) in [7, 11) is 0. The Bertz CT molecular complexity index is 185. The second kappa shape index (κ2) is 7.88. The summed E-state index contributed by atoms with van der Waals surface area (Å²) in [4.78, 5) is 0. The molecule has 2 atom stereocenters. The first-order valence-electron chi connectivity index (χ1n) is 5.80. The molecule has 0 heterocycles. The van der Waals surface area contributed by atoms with E-state index in [0.29, 0.717) is 11.8 Å². The molecule has 0 aromatic rings. The average Bonchev–Trinajstić information content (AvgIpc) is 2.16. The quantitative estimate of drug-likeness (QED) is 0.669. The molecule has 2 unspecified atom stereocenters. The van der Waals surface area contributed by atoms with Crippen molar-refractivity contribution in [1.29, 1.82) is 0 Å². The molecule has 0 fully saturated rings. The molecular formula is C13H24O. The van der Waals surface area contributed by atoms with Crippen LogP contribution in [-0.4, -0.2) is 11.2 Å². The second-order valence-corrected chi connectivity index (χ2v) is 4.20. The number of unbranched alkanes of at least 4 members (excludes halogenated alkanes) is 1. The van der Waals surface area contributed by atoms with Gasteiger partial charge in [0.2, 0.25) is 0 Å². The highest BCUT2D eigenvalue weighted by Crippen LogP contribution is 2.16. The van der Waals surface area contributed by atoms with Gasteiger partial charge in [-0.3, -0.25) is 0 Å². The molecular weight excluding hydrogens is 172 g/mol. The molecule has 82 valence electrons. The first-order valence-corrected chi connectivity index (χ1v) is 5.80. The minimum Gasteiger partial charge on any atom is -0.380 e. The van der Waals surface area contributed by atoms with Crippen LogP contribution in [0.25, 0.3) is 0 Å². The minimum absolute atomic E-state index is 0.355. The van der Waals surface area contributed by atoms with E-state index in [-0.39, 0.29) is 0 Å². The number of aliphatic hydroxyl groups excluding tert-OH is 1. The molecule has 14 heavy (non-hydrogen) atoms. The van der Waals surface area contributed by atoms with E-state index in [9.17, 15) is 5.11 Å². The fourth-order valence-corrected chi connectivity index (χ4v) is 1.42. The molecule has 0 bridgehead atoms. The second-order valence-electron chi connectivity index (χ2n) is 4.20. The molecule has 1 nitrogen and oxygen atoms in total. The van der Waals surface area contributed by atoms with Crippen molar-refractivity contribution in [3.63, 3.8) is 0 Å². The van der Waals surface area contributed by atoms with Crippen LogP contribution < -0.4 is 0 Å². The fraction of sp³-hybridized carbons (Fsp3) is 0.846. The highest BCUT2D eigenvalue weighted by atomic mass is 16.3. The molecule has 0 aliphatic rings. The van der Waals surface area contributed by atoms with Gasteiger partial charge in [-0.2, -0.15) is 0 Å². The third kappa shape index (κ3) is 6.05. The molecule has 0 amide bonds. The predicted octanol–water partition coefficient (Wildman–Crippen LogP) is 3.22. The first-order chi connectivity index (χ1) is 6.61. The molecule has 0 radical (unpaired) electrons. The van der Waals surface area contributed by atoms with E-state index in [0.717, 1.165) is 12.8 Å². The lowest BCUT2D eigenvalue weighted by atomic mass is 9.93. The van der Waals surface area contributed by atoms with Crippen molar-refractivity contribution >= 4 is 0 Å². The zero-order chi connectivity index (χ0) is 11.0. The first kappa shape index (κ1) is 13.5. The normalized spacial score (nSPS) is 14.7. The van der Waals surface area contributed by atoms with Gasteiger partial charge in [0.25, 0.3) is 0 Å². The monoisotopic (exact) mass is 196 g/mol. The van der Waals surface area contributed by atoms with Crippen molar-refractivity contribution in [2.45, 2.75) is 59.5 Å². The Morgan fingerprint density at radius 1 is 1.14 bits per heavy atom. The van der Waals surface area contributed by atoms with Gasteiger partial charge >= 0.3 is 0 Å². The maximum Gasteiger partial charge on any atom is 0.117 e. The third-order valence-corrected chi connectivity index (χ3v) is 2.42. The van der Waals surface area contributed by atoms with Crippen LogP contribution in [0.15, 0.2) is 0 Å². The van der Waals surface area contributed by atoms with Crippen LogP contribution in [0.3, 0.4) is 0 Å². The topological polar surface area (TPSA) is 20.2 Å². The van der Waals surface area contributed by atoms with Crippen molar-refractivity contribution in [2.24, 2.45) is 11.8 Å². The Balaban J connectivity index is 4.05. The van der Waals surface area contributed by atoms with Crippen molar-refractivity contribution in [1.82, 2.24) is 0 Å². The van der Waals surface area contributed by atoms with Gasteiger partial charge in [-0.25, -0.2) is 0 Å². The van der Waals surface area contributed by atoms with E-state index in [2.05, 4.69) is 25.7 Å². The van der Waals surface area contributed by atoms with Gasteiger partial charge < -0.3 is 5.11 Å². The van der Waals surface area contributed by atoms with Crippen molar-refractivity contribution in [2.75, 3.05) is 0 Å². The molecule has 0 saturated carbocycles. The largest absolute Gasteiger partial charge is 0.380 e. The standard InChI is InChI=1S/C13H24O/c1-5-7-8-12(6-2)13(14)10-9-11(3)4/h11-14H,5-8H2,1-4H3. The summed E-state index contributed by atoms with van der Waals surface area (Å²) in [5.74, 6) is 6.70. The summed E-state index contributed by atoms with van der Waals surface area (Å²) in [5.41, 5.74) is 0. The summed E-state index contributed by atoms with van der Waals surface area (Å²) in [5, 5.41) is 9.81. The molecule has 1 heteroatoms. The summed E-state index contributed by atoms with van der Waals surface area (Å²) < 4.78 is 0. The Kier molecular flexibility index (Phi) is 7.61. The lowest BCUT2D eigenvalue weighted by Gasteiger charge is -2.16. The van der Waals surface area contributed by atoms with Crippen LogP contribution in [0, 0.1) is 23.7 Å². The number of rotatable bonds is 5. The van der Waals surface area contributed by atoms with Crippen molar-refractivity contribution in [3.8, 4) is 11.8 Å². The minimum atomic E-state index is -0.422. The molecule has 0 spiro atoms. The summed E-state index contributed by atoms with van der Waals surface area (Å²) in [6.45, 7) is 8.40. The fourth-order valence-electron chi connectivity index (χ4n) is 1.42. The Hall–Kier alpha value is -0.480. The Morgan fingerprint density at radius 2 is 1.79 bits per heavy atom. The average molecular weight is 196 g/mol. The van der Waals surface area contributed by atoms with Gasteiger partial charge in [0, 0.05) is 5.92 Å². The van der Waals surface area contributed by atoms with Crippen LogP contribution in [0.2, 0.25) is 0 Å². The maximum atomic E-state index is 9.81. The zero-order valence-electron chi connectivity index (χ0n) is 10.0. The molecule has 0 aliphatic carbocycles. The molecule has 0 aliphatic heterocycles. The van der Waals surface area contributed by atoms with Crippen LogP contribution in [-0.2, 0) is 0 Å². The third-order valence-electron chi connectivity index (χ3n) is 2.42. The van der Waals surface area contributed by atoms with Crippen LogP contribution in [0.5, 0.6) is 0 Å². The maximum absolute atomic E-state index is 9.81. The van der Waals surface area contributed by atoms with E-state index in [1.807, 2.05) is 13.8 Å². The predicted molar refractivity (Wildman–Crippen MR) is 61.9 cm³/mol. The molecule has 0 rings (SSSR count). The summed E-state index contributed by atoms with van der Waals surface area (Å²) >= 11 is 0. The number of hydrogen-bond donors (Lipinski definition) is 1. The van der Waals surface area contributed by atoms with Crippen molar-refractivity contribution < 1.29 is 5.11 Å². The molecule has 1 N–H and O–H groups in total. The van der Waals surface area contributed by atoms with Crippen LogP contribution in [0.1, 0.15) is 53.4 Å². The van der Waals surface area contributed by atoms with Crippen LogP contribution in [0.4, 0.5) is 0 Å². The zero-order valence-corrected chi connectivity index (χ0v) is 10.0. The number of aliphatic hydroxyl groups is 1. The van der Waals surface area contributed by atoms with E-state index in [1.165, 1.54) is 12.8 Å². The summed E-state index contributed by atoms with van der Waals surface area (Å²) in [6.07, 6.45) is 4.09. The molecule has 0 saturated heterocycles. The highest BCUT2D eigenvalue weighted by Gasteiger charge is 2.13. The lowest BCUT2D eigenvalue weighted by Crippen LogP contribution is -2.18. The number of hydrogen-bond acceptors (Lipinski definition) is 1. The van der Waals surface area contributed by atoms with Gasteiger partial charge in [0.1, 0.15) is 6.10 Å². The van der Waals surface area contributed by atoms with Gasteiger partial charge in [0.05, 0.1) is 0 Å². The van der Waals surface area contributed by atoms with Crippen molar-refractivity contribution in [3.05, 3.63) is 0 Å². The van der Waals surface area contributed by atoms with E-state index in [4.69, 9.17) is 0 Å². The lowest BCUT2D eigenvalue weighted by molar-refractivity contribution is 0.150. The smallest absolute Gasteiger partial charge is 0.117 e. The van der Waals surface area contributed by atoms with Gasteiger partial charge in [-0.05, 0) is 18.8 Å². The summed E-state index contributed by atoms with van der Waals surface area (Å²) in [6, 6.07) is 0. The highest BCUT2D eigenvalue weighted by molar-refractivity contribution is 5.07. The van der Waals surface area contributed by atoms with Crippen LogP contribution >= 0.6 is 0 Å².